The summed E-state index contributed by atoms with van der Waals surface area (Å²) in [5.74, 6) is 2.32. The molecule has 1 aliphatic carbocycles. The smallest absolute Gasteiger partial charge is 0.262 e. The van der Waals surface area contributed by atoms with Crippen LogP contribution in [0.15, 0.2) is 54.7 Å². The van der Waals surface area contributed by atoms with Crippen LogP contribution in [-0.2, 0) is 6.42 Å². The lowest BCUT2D eigenvalue weighted by atomic mass is 9.86. The largest absolute Gasteiger partial charge is 0.355 e. The fourth-order valence-electron chi connectivity index (χ4n) is 4.70. The molecule has 1 aromatic carbocycles. The first-order valence-corrected chi connectivity index (χ1v) is 9.56. The molecule has 3 aliphatic rings. The molecule has 2 unspecified atom stereocenters. The maximum atomic E-state index is 13.3. The Labute approximate surface area is 154 Å². The molecule has 0 radical (unpaired) electrons. The average Bonchev–Trinajstić information content (AvgIpc) is 3.31. The number of amides is 1. The van der Waals surface area contributed by atoms with Gasteiger partial charge in [-0.1, -0.05) is 30.4 Å². The van der Waals surface area contributed by atoms with Crippen LogP contribution in [0.1, 0.15) is 28.8 Å². The van der Waals surface area contributed by atoms with Gasteiger partial charge in [0.05, 0.1) is 5.56 Å². The number of nitrogens with zero attached hydrogens (tertiary/aromatic N) is 3. The maximum Gasteiger partial charge on any atom is 0.262 e. The summed E-state index contributed by atoms with van der Waals surface area (Å²) in [5, 5.41) is 0. The van der Waals surface area contributed by atoms with Crippen molar-refractivity contribution in [1.29, 1.82) is 0 Å². The number of fused-ring (bicyclic) bond motifs is 2. The number of allylic oxidation sites excluding steroid dienone is 2. The number of carbonyl (C=O) groups excluding carboxylic acids is 1. The molecule has 1 fully saturated rings. The van der Waals surface area contributed by atoms with Crippen LogP contribution < -0.4 is 9.80 Å². The number of carbonyl (C=O) groups is 1. The number of anilines is 2. The van der Waals surface area contributed by atoms with Gasteiger partial charge in [0.25, 0.3) is 5.91 Å². The highest BCUT2D eigenvalue weighted by atomic mass is 16.2. The molecule has 0 saturated carbocycles. The first-order chi connectivity index (χ1) is 12.8. The Bertz CT molecular complexity index is 859. The van der Waals surface area contributed by atoms with Gasteiger partial charge in [-0.3, -0.25) is 4.79 Å². The fourth-order valence-corrected chi connectivity index (χ4v) is 4.70. The summed E-state index contributed by atoms with van der Waals surface area (Å²) in [6, 6.07) is 12.0. The number of pyridine rings is 1. The lowest BCUT2D eigenvalue weighted by Gasteiger charge is -2.23. The van der Waals surface area contributed by atoms with Crippen LogP contribution >= 0.6 is 0 Å². The van der Waals surface area contributed by atoms with Crippen LogP contribution in [0.25, 0.3) is 0 Å². The third kappa shape index (κ3) is 2.52. The topological polar surface area (TPSA) is 36.4 Å². The fraction of sp³-hybridized carbons (Fsp3) is 0.364. The zero-order chi connectivity index (χ0) is 17.5. The Hall–Kier alpha value is -2.62. The van der Waals surface area contributed by atoms with Gasteiger partial charge in [-0.15, -0.1) is 0 Å². The highest BCUT2D eigenvalue weighted by Gasteiger charge is 2.36. The van der Waals surface area contributed by atoms with Crippen LogP contribution in [0, 0.1) is 11.8 Å². The van der Waals surface area contributed by atoms with E-state index in [4.69, 9.17) is 0 Å². The van der Waals surface area contributed by atoms with Crippen molar-refractivity contribution in [3.05, 3.63) is 65.9 Å². The Morgan fingerprint density at radius 3 is 2.58 bits per heavy atom. The van der Waals surface area contributed by atoms with E-state index in [-0.39, 0.29) is 5.91 Å². The number of aromatic nitrogens is 1. The quantitative estimate of drug-likeness (QED) is 0.779. The molecule has 5 rings (SSSR count). The lowest BCUT2D eigenvalue weighted by molar-refractivity contribution is 0.0989. The number of rotatable bonds is 2. The second kappa shape index (κ2) is 6.27. The van der Waals surface area contributed by atoms with Gasteiger partial charge in [0.2, 0.25) is 0 Å². The first-order valence-electron chi connectivity index (χ1n) is 9.56. The van der Waals surface area contributed by atoms with Crippen LogP contribution in [0.2, 0.25) is 0 Å². The van der Waals surface area contributed by atoms with Crippen molar-refractivity contribution >= 4 is 17.4 Å². The third-order valence-corrected chi connectivity index (χ3v) is 6.07. The molecule has 4 heteroatoms. The summed E-state index contributed by atoms with van der Waals surface area (Å²) in [6.45, 7) is 2.76. The van der Waals surface area contributed by atoms with E-state index in [0.29, 0.717) is 11.8 Å². The Morgan fingerprint density at radius 2 is 1.77 bits per heavy atom. The van der Waals surface area contributed by atoms with Gasteiger partial charge in [-0.05, 0) is 54.9 Å². The van der Waals surface area contributed by atoms with E-state index >= 15 is 0 Å². The Balaban J connectivity index is 1.45. The minimum absolute atomic E-state index is 0.0750. The minimum Gasteiger partial charge on any atom is -0.355 e. The lowest BCUT2D eigenvalue weighted by Crippen LogP contribution is -2.32. The van der Waals surface area contributed by atoms with Crippen molar-refractivity contribution in [2.24, 2.45) is 11.8 Å². The summed E-state index contributed by atoms with van der Waals surface area (Å²) in [5.41, 5.74) is 3.03. The number of hydrogen-bond donors (Lipinski definition) is 0. The molecule has 1 amide bonds. The average molecular weight is 345 g/mol. The van der Waals surface area contributed by atoms with Gasteiger partial charge in [0, 0.05) is 31.5 Å². The van der Waals surface area contributed by atoms with E-state index in [1.807, 2.05) is 41.4 Å². The summed E-state index contributed by atoms with van der Waals surface area (Å²) in [7, 11) is 0. The van der Waals surface area contributed by atoms with Gasteiger partial charge < -0.3 is 9.80 Å². The molecule has 4 nitrogen and oxygen atoms in total. The molecule has 1 aromatic heterocycles. The molecule has 2 atom stereocenters. The molecule has 0 spiro atoms. The SMILES string of the molecule is O=C(c1cccnc1N1CC2CC=CCC2C1)N1CCc2ccccc21. The molecule has 1 saturated heterocycles. The third-order valence-electron chi connectivity index (χ3n) is 6.07. The maximum absolute atomic E-state index is 13.3. The zero-order valence-corrected chi connectivity index (χ0v) is 14.8. The predicted octanol–water partition coefficient (Wildman–Crippen LogP) is 3.69. The summed E-state index contributed by atoms with van der Waals surface area (Å²) < 4.78 is 0. The van der Waals surface area contributed by atoms with E-state index in [0.717, 1.165) is 56.0 Å². The second-order valence-corrected chi connectivity index (χ2v) is 7.58. The van der Waals surface area contributed by atoms with E-state index in [9.17, 15) is 4.79 Å². The molecule has 0 bridgehead atoms. The predicted molar refractivity (Wildman–Crippen MR) is 104 cm³/mol. The molecule has 3 heterocycles. The number of benzene rings is 1. The normalized spacial score (nSPS) is 23.8. The second-order valence-electron chi connectivity index (χ2n) is 7.58. The summed E-state index contributed by atoms with van der Waals surface area (Å²) >= 11 is 0. The molecule has 0 N–H and O–H groups in total. The highest BCUT2D eigenvalue weighted by molar-refractivity contribution is 6.10. The van der Waals surface area contributed by atoms with Crippen molar-refractivity contribution in [2.45, 2.75) is 19.3 Å². The van der Waals surface area contributed by atoms with E-state index in [1.165, 1.54) is 5.56 Å². The van der Waals surface area contributed by atoms with Crippen molar-refractivity contribution in [1.82, 2.24) is 4.98 Å². The summed E-state index contributed by atoms with van der Waals surface area (Å²) in [6.07, 6.45) is 9.64. The summed E-state index contributed by atoms with van der Waals surface area (Å²) in [4.78, 5) is 22.2. The van der Waals surface area contributed by atoms with Gasteiger partial charge >= 0.3 is 0 Å². The minimum atomic E-state index is 0.0750. The van der Waals surface area contributed by atoms with E-state index in [1.54, 1.807) is 0 Å². The van der Waals surface area contributed by atoms with Crippen molar-refractivity contribution in [3.63, 3.8) is 0 Å². The number of para-hydroxylation sites is 1. The molecule has 2 aliphatic heterocycles. The molecule has 132 valence electrons. The monoisotopic (exact) mass is 345 g/mol. The van der Waals surface area contributed by atoms with E-state index < -0.39 is 0 Å². The van der Waals surface area contributed by atoms with Crippen molar-refractivity contribution < 1.29 is 4.79 Å². The van der Waals surface area contributed by atoms with Crippen LogP contribution in [-0.4, -0.2) is 30.5 Å². The van der Waals surface area contributed by atoms with Gasteiger partial charge in [0.15, 0.2) is 0 Å². The molecule has 2 aromatic rings. The van der Waals surface area contributed by atoms with E-state index in [2.05, 4.69) is 28.1 Å². The molecular formula is C22H23N3O. The Morgan fingerprint density at radius 1 is 1.00 bits per heavy atom. The van der Waals surface area contributed by atoms with Crippen molar-refractivity contribution in [2.75, 3.05) is 29.4 Å². The van der Waals surface area contributed by atoms with Crippen LogP contribution in [0.4, 0.5) is 11.5 Å². The Kier molecular flexibility index (Phi) is 3.77. The molecule has 26 heavy (non-hydrogen) atoms. The van der Waals surface area contributed by atoms with Crippen molar-refractivity contribution in [3.8, 4) is 0 Å². The van der Waals surface area contributed by atoms with Gasteiger partial charge in [-0.25, -0.2) is 4.98 Å². The van der Waals surface area contributed by atoms with Crippen LogP contribution in [0.5, 0.6) is 0 Å². The highest BCUT2D eigenvalue weighted by Crippen LogP contribution is 2.37. The van der Waals surface area contributed by atoms with Crippen LogP contribution in [0.3, 0.4) is 0 Å². The molecular weight excluding hydrogens is 322 g/mol. The van der Waals surface area contributed by atoms with Gasteiger partial charge in [-0.2, -0.15) is 0 Å². The zero-order valence-electron chi connectivity index (χ0n) is 14.8. The number of hydrogen-bond acceptors (Lipinski definition) is 3. The standard InChI is InChI=1S/C22H23N3O/c26-22(25-13-11-16-6-3-4-10-20(16)25)19-9-5-12-23-21(19)24-14-17-7-1-2-8-18(17)15-24/h1-6,9-10,12,17-18H,7-8,11,13-15H2. The first kappa shape index (κ1) is 15.6. The van der Waals surface area contributed by atoms with Gasteiger partial charge in [0.1, 0.15) is 5.82 Å².